The quantitative estimate of drug-likeness (QED) is 0.405. The van der Waals surface area contributed by atoms with Gasteiger partial charge in [0.2, 0.25) is 0 Å². The Morgan fingerprint density at radius 1 is 1.23 bits per heavy atom. The number of nitrogen functional groups attached to an aromatic ring is 1. The van der Waals surface area contributed by atoms with E-state index in [1.165, 1.54) is 5.01 Å². The summed E-state index contributed by atoms with van der Waals surface area (Å²) in [5.74, 6) is 1.57. The number of hydrogen-bond donors (Lipinski definition) is 1. The highest BCUT2D eigenvalue weighted by Crippen LogP contribution is 2.33. The lowest BCUT2D eigenvalue weighted by Gasteiger charge is -2.23. The molecule has 2 aromatic carbocycles. The van der Waals surface area contributed by atoms with E-state index in [0.717, 1.165) is 30.5 Å². The van der Waals surface area contributed by atoms with Gasteiger partial charge in [-0.3, -0.25) is 4.79 Å². The van der Waals surface area contributed by atoms with Crippen LogP contribution in [0.3, 0.4) is 0 Å². The number of carbonyl (C=O) groups is 1. The van der Waals surface area contributed by atoms with Crippen molar-refractivity contribution >= 4 is 23.5 Å². The van der Waals surface area contributed by atoms with Gasteiger partial charge in [0.25, 0.3) is 5.91 Å². The van der Waals surface area contributed by atoms with Gasteiger partial charge < -0.3 is 20.0 Å². The minimum atomic E-state index is -0.229. The third-order valence-corrected chi connectivity index (χ3v) is 4.44. The summed E-state index contributed by atoms with van der Waals surface area (Å²) >= 11 is 0. The minimum absolute atomic E-state index is 0.138. The summed E-state index contributed by atoms with van der Waals surface area (Å²) in [5.41, 5.74) is 8.06. The second kappa shape index (κ2) is 10.3. The van der Waals surface area contributed by atoms with Gasteiger partial charge in [0, 0.05) is 24.0 Å². The van der Waals surface area contributed by atoms with Crippen molar-refractivity contribution in [1.29, 1.82) is 0 Å². The molecule has 0 aliphatic carbocycles. The van der Waals surface area contributed by atoms with Gasteiger partial charge in [0.05, 0.1) is 12.8 Å². The molecule has 1 heterocycles. The molecule has 0 atom stereocenters. The highest BCUT2D eigenvalue weighted by atomic mass is 16.6. The van der Waals surface area contributed by atoms with Crippen LogP contribution < -0.4 is 15.2 Å². The molecule has 0 spiro atoms. The largest absolute Gasteiger partial charge is 0.493 e. The Morgan fingerprint density at radius 2 is 2.03 bits per heavy atom. The summed E-state index contributed by atoms with van der Waals surface area (Å²) in [5, 5.41) is 9.68. The van der Waals surface area contributed by atoms with Gasteiger partial charge in [-0.25, -0.2) is 5.01 Å². The fourth-order valence-electron chi connectivity index (χ4n) is 2.92. The molecular weight excluding hydrogens is 384 g/mol. The van der Waals surface area contributed by atoms with E-state index < -0.39 is 0 Å². The molecule has 30 heavy (non-hydrogen) atoms. The summed E-state index contributed by atoms with van der Waals surface area (Å²) in [7, 11) is 1.59. The number of rotatable bonds is 8. The van der Waals surface area contributed by atoms with Crippen molar-refractivity contribution in [1.82, 2.24) is 5.01 Å². The van der Waals surface area contributed by atoms with Crippen molar-refractivity contribution in [3.63, 3.8) is 0 Å². The molecule has 1 aliphatic heterocycles. The lowest BCUT2D eigenvalue weighted by atomic mass is 10.0. The highest BCUT2D eigenvalue weighted by Gasteiger charge is 2.21. The van der Waals surface area contributed by atoms with Crippen molar-refractivity contribution in [2.24, 2.45) is 10.3 Å². The average molecular weight is 410 g/mol. The van der Waals surface area contributed by atoms with E-state index in [9.17, 15) is 4.79 Å². The van der Waals surface area contributed by atoms with E-state index in [2.05, 4.69) is 10.3 Å². The average Bonchev–Trinajstić information content (AvgIpc) is 2.78. The van der Waals surface area contributed by atoms with Gasteiger partial charge in [-0.2, -0.15) is 5.10 Å². The van der Waals surface area contributed by atoms with Gasteiger partial charge >= 0.3 is 0 Å². The molecule has 0 aromatic heterocycles. The van der Waals surface area contributed by atoms with Crippen LogP contribution >= 0.6 is 0 Å². The number of nitrogens with zero attached hydrogens (tertiary/aromatic N) is 3. The SMILES string of the molecule is CC/C=N/OCC(=O)N1CCCC(c2ccc(OC)c(Oc3ccc(N)cc3)c2)=N1. The van der Waals surface area contributed by atoms with Crippen molar-refractivity contribution in [2.45, 2.75) is 26.2 Å². The zero-order valence-electron chi connectivity index (χ0n) is 17.2. The monoisotopic (exact) mass is 410 g/mol. The number of ether oxygens (including phenoxy) is 2. The normalized spacial score (nSPS) is 13.8. The van der Waals surface area contributed by atoms with Crippen LogP contribution in [0.15, 0.2) is 52.7 Å². The number of hydrogen-bond acceptors (Lipinski definition) is 7. The lowest BCUT2D eigenvalue weighted by molar-refractivity contribution is -0.136. The molecule has 2 aromatic rings. The van der Waals surface area contributed by atoms with Crippen molar-refractivity contribution < 1.29 is 19.1 Å². The van der Waals surface area contributed by atoms with Crippen LogP contribution in [0.2, 0.25) is 0 Å². The Bertz CT molecular complexity index is 925. The van der Waals surface area contributed by atoms with Crippen molar-refractivity contribution in [3.05, 3.63) is 48.0 Å². The molecule has 1 amide bonds. The standard InChI is InChI=1S/C22H26N4O4/c1-3-12-24-29-15-22(27)26-13-4-5-19(25-26)16-6-11-20(28-2)21(14-16)30-18-9-7-17(23)8-10-18/h6-12,14H,3-5,13,15,23H2,1-2H3/b24-12+. The summed E-state index contributed by atoms with van der Waals surface area (Å²) in [4.78, 5) is 17.4. The van der Waals surface area contributed by atoms with E-state index in [4.69, 9.17) is 20.0 Å². The molecule has 0 saturated carbocycles. The van der Waals surface area contributed by atoms with Crippen LogP contribution in [0.1, 0.15) is 31.7 Å². The minimum Gasteiger partial charge on any atom is -0.493 e. The zero-order chi connectivity index (χ0) is 21.3. The summed E-state index contributed by atoms with van der Waals surface area (Å²) in [6, 6.07) is 12.7. The first-order valence-electron chi connectivity index (χ1n) is 9.84. The van der Waals surface area contributed by atoms with Crippen LogP contribution in [0.5, 0.6) is 17.2 Å². The summed E-state index contributed by atoms with van der Waals surface area (Å²) < 4.78 is 11.4. The molecule has 0 saturated heterocycles. The van der Waals surface area contributed by atoms with Gasteiger partial charge in [0.15, 0.2) is 18.1 Å². The van der Waals surface area contributed by atoms with Crippen LogP contribution in [-0.4, -0.2) is 43.1 Å². The maximum Gasteiger partial charge on any atom is 0.283 e. The molecule has 0 radical (unpaired) electrons. The number of hydrazone groups is 1. The first kappa shape index (κ1) is 21.2. The first-order chi connectivity index (χ1) is 14.6. The topological polar surface area (TPSA) is 98.7 Å². The Hall–Kier alpha value is -3.55. The smallest absolute Gasteiger partial charge is 0.283 e. The molecule has 0 unspecified atom stereocenters. The highest BCUT2D eigenvalue weighted by molar-refractivity contribution is 6.02. The van der Waals surface area contributed by atoms with Crippen molar-refractivity contribution in [3.8, 4) is 17.2 Å². The number of methoxy groups -OCH3 is 1. The number of anilines is 1. The first-order valence-corrected chi connectivity index (χ1v) is 9.84. The maximum atomic E-state index is 12.3. The van der Waals surface area contributed by atoms with E-state index >= 15 is 0 Å². The maximum absolute atomic E-state index is 12.3. The van der Waals surface area contributed by atoms with Gasteiger partial charge in [0.1, 0.15) is 5.75 Å². The fraction of sp³-hybridized carbons (Fsp3) is 0.318. The van der Waals surface area contributed by atoms with E-state index in [1.807, 2.05) is 25.1 Å². The predicted molar refractivity (Wildman–Crippen MR) is 116 cm³/mol. The number of carbonyl (C=O) groups excluding carboxylic acids is 1. The molecule has 8 nitrogen and oxygen atoms in total. The summed E-state index contributed by atoms with van der Waals surface area (Å²) in [6.07, 6.45) is 3.92. The molecule has 3 rings (SSSR count). The van der Waals surface area contributed by atoms with Crippen LogP contribution in [0.25, 0.3) is 0 Å². The Morgan fingerprint density at radius 3 is 2.77 bits per heavy atom. The third-order valence-electron chi connectivity index (χ3n) is 4.44. The molecule has 8 heteroatoms. The number of nitrogens with two attached hydrogens (primary N) is 1. The van der Waals surface area contributed by atoms with E-state index in [1.54, 1.807) is 37.6 Å². The number of benzene rings is 2. The number of oxime groups is 1. The fourth-order valence-corrected chi connectivity index (χ4v) is 2.92. The predicted octanol–water partition coefficient (Wildman–Crippen LogP) is 3.81. The van der Waals surface area contributed by atoms with Gasteiger partial charge in [-0.15, -0.1) is 0 Å². The second-order valence-electron chi connectivity index (χ2n) is 6.67. The van der Waals surface area contributed by atoms with E-state index in [0.29, 0.717) is 29.5 Å². The number of amides is 1. The summed E-state index contributed by atoms with van der Waals surface area (Å²) in [6.45, 7) is 2.35. The van der Waals surface area contributed by atoms with Crippen LogP contribution in [-0.2, 0) is 9.63 Å². The third kappa shape index (κ3) is 5.50. The molecule has 0 bridgehead atoms. The lowest BCUT2D eigenvalue weighted by Crippen LogP contribution is -2.34. The van der Waals surface area contributed by atoms with Gasteiger partial charge in [-0.05, 0) is 61.7 Å². The van der Waals surface area contributed by atoms with Crippen molar-refractivity contribution in [2.75, 3.05) is 26.0 Å². The van der Waals surface area contributed by atoms with Gasteiger partial charge in [-0.1, -0.05) is 12.1 Å². The Balaban J connectivity index is 1.78. The molecular formula is C22H26N4O4. The Labute approximate surface area is 175 Å². The van der Waals surface area contributed by atoms with E-state index in [-0.39, 0.29) is 12.5 Å². The molecule has 2 N–H and O–H groups in total. The molecule has 0 fully saturated rings. The van der Waals surface area contributed by atoms with Crippen LogP contribution in [0.4, 0.5) is 5.69 Å². The second-order valence-corrected chi connectivity index (χ2v) is 6.67. The zero-order valence-corrected chi connectivity index (χ0v) is 17.2. The Kier molecular flexibility index (Phi) is 7.26. The molecule has 158 valence electrons. The molecule has 1 aliphatic rings. The van der Waals surface area contributed by atoms with Crippen LogP contribution in [0, 0.1) is 0 Å².